The van der Waals surface area contributed by atoms with E-state index >= 15 is 0 Å². The summed E-state index contributed by atoms with van der Waals surface area (Å²) in [5.74, 6) is -0.417. The zero-order valence-corrected chi connectivity index (χ0v) is 17.0. The predicted octanol–water partition coefficient (Wildman–Crippen LogP) is 4.30. The van der Waals surface area contributed by atoms with E-state index in [9.17, 15) is 9.59 Å². The van der Waals surface area contributed by atoms with Crippen LogP contribution >= 0.6 is 0 Å². The number of amides is 2. The van der Waals surface area contributed by atoms with Gasteiger partial charge in [-0.1, -0.05) is 41.5 Å². The number of hydrogen-bond donors (Lipinski definition) is 0. The van der Waals surface area contributed by atoms with Gasteiger partial charge in [0.25, 0.3) is 11.8 Å². The SMILES string of the molecule is Cc1ccc(C2=C(N3CCCC3)C(=O)N(c3ccc(C)cc3C)C2=O)c(C)c1. The molecule has 144 valence electrons. The van der Waals surface area contributed by atoms with Crippen molar-refractivity contribution in [3.63, 3.8) is 0 Å². The summed E-state index contributed by atoms with van der Waals surface area (Å²) in [7, 11) is 0. The lowest BCUT2D eigenvalue weighted by Crippen LogP contribution is -2.35. The van der Waals surface area contributed by atoms with Gasteiger partial charge in [-0.15, -0.1) is 0 Å². The lowest BCUT2D eigenvalue weighted by molar-refractivity contribution is -0.120. The van der Waals surface area contributed by atoms with E-state index in [0.29, 0.717) is 17.0 Å². The fraction of sp³-hybridized carbons (Fsp3) is 0.333. The van der Waals surface area contributed by atoms with Crippen LogP contribution < -0.4 is 4.90 Å². The number of hydrogen-bond acceptors (Lipinski definition) is 3. The number of carbonyl (C=O) groups excluding carboxylic acids is 2. The fourth-order valence-electron chi connectivity index (χ4n) is 4.36. The van der Waals surface area contributed by atoms with E-state index in [0.717, 1.165) is 53.7 Å². The highest BCUT2D eigenvalue weighted by molar-refractivity contribution is 6.45. The molecule has 0 aromatic heterocycles. The van der Waals surface area contributed by atoms with E-state index in [-0.39, 0.29) is 11.8 Å². The van der Waals surface area contributed by atoms with Crippen molar-refractivity contribution in [2.45, 2.75) is 40.5 Å². The maximum absolute atomic E-state index is 13.6. The summed E-state index contributed by atoms with van der Waals surface area (Å²) in [6.45, 7) is 9.66. The molecule has 0 unspecified atom stereocenters. The largest absolute Gasteiger partial charge is 0.366 e. The Labute approximate surface area is 166 Å². The smallest absolute Gasteiger partial charge is 0.282 e. The van der Waals surface area contributed by atoms with Crippen LogP contribution in [0.15, 0.2) is 42.1 Å². The van der Waals surface area contributed by atoms with Gasteiger partial charge in [0, 0.05) is 13.1 Å². The van der Waals surface area contributed by atoms with Crippen LogP contribution in [0.4, 0.5) is 5.69 Å². The van der Waals surface area contributed by atoms with Crippen LogP contribution in [-0.4, -0.2) is 29.8 Å². The van der Waals surface area contributed by atoms with Gasteiger partial charge in [0.1, 0.15) is 5.70 Å². The van der Waals surface area contributed by atoms with Crippen LogP contribution in [0.1, 0.15) is 40.7 Å². The molecule has 4 heteroatoms. The first-order valence-electron chi connectivity index (χ1n) is 9.91. The van der Waals surface area contributed by atoms with Crippen molar-refractivity contribution in [1.29, 1.82) is 0 Å². The highest BCUT2D eigenvalue weighted by atomic mass is 16.2. The summed E-state index contributed by atoms with van der Waals surface area (Å²) in [5, 5.41) is 0. The zero-order valence-electron chi connectivity index (χ0n) is 17.0. The Bertz CT molecular complexity index is 1010. The van der Waals surface area contributed by atoms with Crippen molar-refractivity contribution in [3.8, 4) is 0 Å². The van der Waals surface area contributed by atoms with Crippen molar-refractivity contribution in [1.82, 2.24) is 4.90 Å². The molecule has 4 rings (SSSR count). The molecule has 1 saturated heterocycles. The molecular formula is C24H26N2O2. The Hall–Kier alpha value is -2.88. The molecular weight excluding hydrogens is 348 g/mol. The number of likely N-dealkylation sites (tertiary alicyclic amines) is 1. The quantitative estimate of drug-likeness (QED) is 0.752. The molecule has 0 saturated carbocycles. The number of benzene rings is 2. The normalized spacial score (nSPS) is 17.3. The number of carbonyl (C=O) groups is 2. The number of imide groups is 1. The molecule has 2 heterocycles. The fourth-order valence-corrected chi connectivity index (χ4v) is 4.36. The maximum atomic E-state index is 13.6. The van der Waals surface area contributed by atoms with Gasteiger partial charge in [-0.2, -0.15) is 0 Å². The van der Waals surface area contributed by atoms with E-state index in [4.69, 9.17) is 0 Å². The van der Waals surface area contributed by atoms with Gasteiger partial charge in [0.05, 0.1) is 11.3 Å². The zero-order chi connectivity index (χ0) is 20.0. The van der Waals surface area contributed by atoms with Gasteiger partial charge < -0.3 is 4.90 Å². The Morgan fingerprint density at radius 2 is 1.36 bits per heavy atom. The van der Waals surface area contributed by atoms with Crippen LogP contribution in [0.5, 0.6) is 0 Å². The van der Waals surface area contributed by atoms with Crippen molar-refractivity contribution in [2.24, 2.45) is 0 Å². The highest BCUT2D eigenvalue weighted by Gasteiger charge is 2.43. The first-order chi connectivity index (χ1) is 13.4. The second kappa shape index (κ2) is 6.93. The number of anilines is 1. The minimum atomic E-state index is -0.217. The summed E-state index contributed by atoms with van der Waals surface area (Å²) >= 11 is 0. The van der Waals surface area contributed by atoms with E-state index in [1.807, 2.05) is 58.0 Å². The molecule has 2 aromatic rings. The maximum Gasteiger partial charge on any atom is 0.282 e. The van der Waals surface area contributed by atoms with Gasteiger partial charge >= 0.3 is 0 Å². The van der Waals surface area contributed by atoms with Crippen LogP contribution in [0.2, 0.25) is 0 Å². The number of rotatable bonds is 3. The molecule has 2 aromatic carbocycles. The summed E-state index contributed by atoms with van der Waals surface area (Å²) in [4.78, 5) is 30.6. The molecule has 0 atom stereocenters. The van der Waals surface area contributed by atoms with Crippen LogP contribution in [0.3, 0.4) is 0 Å². The van der Waals surface area contributed by atoms with Crippen LogP contribution in [-0.2, 0) is 9.59 Å². The van der Waals surface area contributed by atoms with Crippen molar-refractivity contribution < 1.29 is 9.59 Å². The third kappa shape index (κ3) is 2.93. The molecule has 0 radical (unpaired) electrons. The molecule has 4 nitrogen and oxygen atoms in total. The van der Waals surface area contributed by atoms with Gasteiger partial charge in [-0.05, 0) is 63.3 Å². The minimum absolute atomic E-state index is 0.200. The molecule has 0 spiro atoms. The molecule has 28 heavy (non-hydrogen) atoms. The summed E-state index contributed by atoms with van der Waals surface area (Å²) in [6.07, 6.45) is 2.10. The van der Waals surface area contributed by atoms with E-state index < -0.39 is 0 Å². The van der Waals surface area contributed by atoms with E-state index in [1.54, 1.807) is 0 Å². The summed E-state index contributed by atoms with van der Waals surface area (Å²) in [5.41, 5.74) is 6.86. The monoisotopic (exact) mass is 374 g/mol. The molecule has 1 fully saturated rings. The van der Waals surface area contributed by atoms with E-state index in [2.05, 4.69) is 11.0 Å². The Morgan fingerprint density at radius 3 is 1.96 bits per heavy atom. The second-order valence-corrected chi connectivity index (χ2v) is 7.97. The summed E-state index contributed by atoms with van der Waals surface area (Å²) < 4.78 is 0. The van der Waals surface area contributed by atoms with Gasteiger partial charge in [-0.25, -0.2) is 4.90 Å². The second-order valence-electron chi connectivity index (χ2n) is 7.97. The standard InChI is InChI=1S/C24H26N2O2/c1-15-7-9-19(17(3)13-15)21-22(25-11-5-6-12-25)24(28)26(23(21)27)20-10-8-16(2)14-18(20)4/h7-10,13-14H,5-6,11-12H2,1-4H3. The van der Waals surface area contributed by atoms with Gasteiger partial charge in [-0.3, -0.25) is 9.59 Å². The average Bonchev–Trinajstić information content (AvgIpc) is 3.23. The van der Waals surface area contributed by atoms with Crippen LogP contribution in [0, 0.1) is 27.7 Å². The molecule has 2 amide bonds. The first-order valence-corrected chi connectivity index (χ1v) is 9.91. The predicted molar refractivity (Wildman–Crippen MR) is 112 cm³/mol. The van der Waals surface area contributed by atoms with Crippen molar-refractivity contribution >= 4 is 23.1 Å². The Kier molecular flexibility index (Phi) is 4.58. The first kappa shape index (κ1) is 18.5. The molecule has 2 aliphatic rings. The topological polar surface area (TPSA) is 40.6 Å². The number of nitrogens with zero attached hydrogens (tertiary/aromatic N) is 2. The minimum Gasteiger partial charge on any atom is -0.366 e. The third-order valence-corrected chi connectivity index (χ3v) is 5.73. The Morgan fingerprint density at radius 1 is 0.750 bits per heavy atom. The van der Waals surface area contributed by atoms with Crippen molar-refractivity contribution in [3.05, 3.63) is 69.9 Å². The third-order valence-electron chi connectivity index (χ3n) is 5.73. The summed E-state index contributed by atoms with van der Waals surface area (Å²) in [6, 6.07) is 11.9. The molecule has 2 aliphatic heterocycles. The molecule has 0 bridgehead atoms. The van der Waals surface area contributed by atoms with Crippen molar-refractivity contribution in [2.75, 3.05) is 18.0 Å². The number of aryl methyl sites for hydroxylation is 4. The molecule has 0 N–H and O–H groups in total. The van der Waals surface area contributed by atoms with Gasteiger partial charge in [0.15, 0.2) is 0 Å². The highest BCUT2D eigenvalue weighted by Crippen LogP contribution is 2.38. The average molecular weight is 374 g/mol. The molecule has 0 aliphatic carbocycles. The Balaban J connectivity index is 1.88. The van der Waals surface area contributed by atoms with E-state index in [1.165, 1.54) is 4.90 Å². The van der Waals surface area contributed by atoms with Crippen LogP contribution in [0.25, 0.3) is 5.57 Å². The van der Waals surface area contributed by atoms with Gasteiger partial charge in [0.2, 0.25) is 0 Å². The lowest BCUT2D eigenvalue weighted by atomic mass is 9.97. The lowest BCUT2D eigenvalue weighted by Gasteiger charge is -2.21.